The monoisotopic (exact) mass is 266 g/mol. The summed E-state index contributed by atoms with van der Waals surface area (Å²) in [7, 11) is 0. The summed E-state index contributed by atoms with van der Waals surface area (Å²) < 4.78 is 0. The molecular formula is C16H30N2O. The molecule has 2 fully saturated rings. The zero-order valence-corrected chi connectivity index (χ0v) is 12.6. The van der Waals surface area contributed by atoms with E-state index in [0.29, 0.717) is 11.8 Å². The van der Waals surface area contributed by atoms with E-state index in [4.69, 9.17) is 0 Å². The predicted molar refractivity (Wildman–Crippen MR) is 78.1 cm³/mol. The van der Waals surface area contributed by atoms with Gasteiger partial charge in [0.1, 0.15) is 0 Å². The van der Waals surface area contributed by atoms with E-state index >= 15 is 0 Å². The Morgan fingerprint density at radius 1 is 0.947 bits per heavy atom. The third-order valence-electron chi connectivity index (χ3n) is 5.15. The van der Waals surface area contributed by atoms with E-state index in [1.165, 1.54) is 51.4 Å². The average molecular weight is 266 g/mol. The molecule has 0 heterocycles. The molecule has 2 unspecified atom stereocenters. The first-order valence-electron chi connectivity index (χ1n) is 8.24. The highest BCUT2D eigenvalue weighted by Crippen LogP contribution is 2.34. The minimum absolute atomic E-state index is 0.273. The van der Waals surface area contributed by atoms with Crippen molar-refractivity contribution in [2.75, 3.05) is 0 Å². The first-order valence-corrected chi connectivity index (χ1v) is 8.24. The van der Waals surface area contributed by atoms with E-state index in [0.717, 1.165) is 12.8 Å². The van der Waals surface area contributed by atoms with Crippen molar-refractivity contribution in [2.24, 2.45) is 22.1 Å². The van der Waals surface area contributed by atoms with Gasteiger partial charge in [0.15, 0.2) is 5.72 Å². The highest BCUT2D eigenvalue weighted by molar-refractivity contribution is 4.82. The molecule has 2 rings (SSSR count). The van der Waals surface area contributed by atoms with Crippen molar-refractivity contribution in [1.82, 2.24) is 0 Å². The smallest absolute Gasteiger partial charge is 0.176 e. The van der Waals surface area contributed by atoms with Crippen molar-refractivity contribution in [3.8, 4) is 0 Å². The van der Waals surface area contributed by atoms with Gasteiger partial charge in [-0.25, -0.2) is 0 Å². The first kappa shape index (κ1) is 15.0. The van der Waals surface area contributed by atoms with Gasteiger partial charge in [0, 0.05) is 5.92 Å². The van der Waals surface area contributed by atoms with Crippen LogP contribution in [0.3, 0.4) is 0 Å². The Morgan fingerprint density at radius 2 is 1.47 bits per heavy atom. The maximum atomic E-state index is 10.5. The van der Waals surface area contributed by atoms with Crippen LogP contribution in [0.2, 0.25) is 0 Å². The van der Waals surface area contributed by atoms with Crippen LogP contribution in [0.25, 0.3) is 0 Å². The molecule has 0 saturated heterocycles. The second kappa shape index (κ2) is 6.83. The van der Waals surface area contributed by atoms with Crippen LogP contribution >= 0.6 is 0 Å². The van der Waals surface area contributed by atoms with E-state index in [1.807, 2.05) is 6.92 Å². The fraction of sp³-hybridized carbons (Fsp3) is 1.00. The number of aliphatic hydroxyl groups is 1. The number of hydrogen-bond acceptors (Lipinski definition) is 3. The summed E-state index contributed by atoms with van der Waals surface area (Å²) in [5.41, 5.74) is -0.941. The normalized spacial score (nSPS) is 28.4. The highest BCUT2D eigenvalue weighted by atomic mass is 16.3. The van der Waals surface area contributed by atoms with Gasteiger partial charge in [-0.1, -0.05) is 38.5 Å². The van der Waals surface area contributed by atoms with E-state index in [2.05, 4.69) is 17.2 Å². The Kier molecular flexibility index (Phi) is 5.37. The molecule has 0 bridgehead atoms. The molecule has 0 amide bonds. The largest absolute Gasteiger partial charge is 0.368 e. The third-order valence-corrected chi connectivity index (χ3v) is 5.15. The fourth-order valence-corrected chi connectivity index (χ4v) is 3.65. The molecule has 0 radical (unpaired) electrons. The molecule has 0 aromatic heterocycles. The predicted octanol–water partition coefficient (Wildman–Crippen LogP) is 4.70. The van der Waals surface area contributed by atoms with Crippen molar-refractivity contribution < 1.29 is 5.11 Å². The lowest BCUT2D eigenvalue weighted by Gasteiger charge is -2.32. The Bertz CT molecular complexity index is 289. The Labute approximate surface area is 117 Å². The Hall–Kier alpha value is -0.440. The van der Waals surface area contributed by atoms with Gasteiger partial charge >= 0.3 is 0 Å². The molecule has 19 heavy (non-hydrogen) atoms. The molecule has 2 saturated carbocycles. The molecule has 2 atom stereocenters. The summed E-state index contributed by atoms with van der Waals surface area (Å²) in [4.78, 5) is 0. The Morgan fingerprint density at radius 3 is 2.05 bits per heavy atom. The number of rotatable bonds is 4. The van der Waals surface area contributed by atoms with Gasteiger partial charge in [-0.2, -0.15) is 10.2 Å². The minimum atomic E-state index is -0.941. The first-order chi connectivity index (χ1) is 9.09. The molecule has 110 valence electrons. The van der Waals surface area contributed by atoms with Gasteiger partial charge < -0.3 is 5.11 Å². The highest BCUT2D eigenvalue weighted by Gasteiger charge is 2.33. The van der Waals surface area contributed by atoms with Gasteiger partial charge in [0.05, 0.1) is 6.04 Å². The van der Waals surface area contributed by atoms with Gasteiger partial charge in [-0.15, -0.1) is 0 Å². The van der Waals surface area contributed by atoms with Crippen LogP contribution in [0.5, 0.6) is 0 Å². The van der Waals surface area contributed by atoms with E-state index in [9.17, 15) is 5.11 Å². The number of azo groups is 1. The van der Waals surface area contributed by atoms with Crippen molar-refractivity contribution in [2.45, 2.75) is 89.8 Å². The summed E-state index contributed by atoms with van der Waals surface area (Å²) in [5.74, 6) is 0.989. The number of hydrogen-bond donors (Lipinski definition) is 1. The van der Waals surface area contributed by atoms with Crippen LogP contribution in [0, 0.1) is 11.8 Å². The summed E-state index contributed by atoms with van der Waals surface area (Å²) in [5, 5.41) is 19.3. The van der Waals surface area contributed by atoms with E-state index < -0.39 is 5.72 Å². The third kappa shape index (κ3) is 4.27. The average Bonchev–Trinajstić information content (AvgIpc) is 2.47. The molecule has 0 aliphatic heterocycles. The second-order valence-corrected chi connectivity index (χ2v) is 6.78. The maximum Gasteiger partial charge on any atom is 0.176 e. The van der Waals surface area contributed by atoms with Gasteiger partial charge in [0.2, 0.25) is 0 Å². The molecule has 3 heteroatoms. The zero-order valence-electron chi connectivity index (χ0n) is 12.6. The second-order valence-electron chi connectivity index (χ2n) is 6.78. The molecule has 1 N–H and O–H groups in total. The Balaban J connectivity index is 1.87. The lowest BCUT2D eigenvalue weighted by atomic mass is 9.82. The van der Waals surface area contributed by atoms with Gasteiger partial charge in [0.25, 0.3) is 0 Å². The molecule has 2 aliphatic rings. The molecule has 2 aliphatic carbocycles. The minimum Gasteiger partial charge on any atom is -0.368 e. The summed E-state index contributed by atoms with van der Waals surface area (Å²) in [6.45, 7) is 4.01. The van der Waals surface area contributed by atoms with Crippen molar-refractivity contribution in [1.29, 1.82) is 0 Å². The molecule has 0 aromatic rings. The molecule has 0 aromatic carbocycles. The lowest BCUT2D eigenvalue weighted by molar-refractivity contribution is -0.0165. The van der Waals surface area contributed by atoms with Crippen LogP contribution in [0.1, 0.15) is 78.1 Å². The van der Waals surface area contributed by atoms with Crippen LogP contribution in [0.4, 0.5) is 0 Å². The molecular weight excluding hydrogens is 236 g/mol. The van der Waals surface area contributed by atoms with E-state index in [-0.39, 0.29) is 6.04 Å². The lowest BCUT2D eigenvalue weighted by Crippen LogP contribution is -2.34. The maximum absolute atomic E-state index is 10.5. The van der Waals surface area contributed by atoms with Crippen LogP contribution in [-0.2, 0) is 0 Å². The summed E-state index contributed by atoms with van der Waals surface area (Å²) >= 11 is 0. The van der Waals surface area contributed by atoms with Crippen molar-refractivity contribution in [3.63, 3.8) is 0 Å². The van der Waals surface area contributed by atoms with Gasteiger partial charge in [-0.3, -0.25) is 0 Å². The molecule has 3 nitrogen and oxygen atoms in total. The van der Waals surface area contributed by atoms with E-state index in [1.54, 1.807) is 0 Å². The van der Waals surface area contributed by atoms with Crippen LogP contribution < -0.4 is 0 Å². The topological polar surface area (TPSA) is 45.0 Å². The van der Waals surface area contributed by atoms with Crippen LogP contribution in [0.15, 0.2) is 10.2 Å². The quantitative estimate of drug-likeness (QED) is 0.737. The standard InChI is InChI=1S/C16H30N2O/c1-13(14-9-5-3-6-10-14)17-18-16(2,19)15-11-7-4-8-12-15/h13-15,19H,3-12H2,1-2H3. The van der Waals surface area contributed by atoms with Crippen molar-refractivity contribution >= 4 is 0 Å². The number of nitrogens with zero attached hydrogens (tertiary/aromatic N) is 2. The summed E-state index contributed by atoms with van der Waals surface area (Å²) in [6, 6.07) is 0.273. The van der Waals surface area contributed by atoms with Gasteiger partial charge in [-0.05, 0) is 45.4 Å². The SMILES string of the molecule is CC(N=NC(C)(O)C1CCCCC1)C1CCCCC1. The summed E-state index contributed by atoms with van der Waals surface area (Å²) in [6.07, 6.45) is 12.6. The van der Waals surface area contributed by atoms with Crippen molar-refractivity contribution in [3.05, 3.63) is 0 Å². The van der Waals surface area contributed by atoms with Crippen LogP contribution in [-0.4, -0.2) is 16.9 Å². The fourth-order valence-electron chi connectivity index (χ4n) is 3.65. The molecule has 0 spiro atoms. The zero-order chi connectivity index (χ0) is 13.7.